The highest BCUT2D eigenvalue weighted by atomic mass is 35.5. The fourth-order valence-corrected chi connectivity index (χ4v) is 4.97. The number of anilines is 1. The fraction of sp³-hybridized carbons (Fsp3) is 0.0833. The summed E-state index contributed by atoms with van der Waals surface area (Å²) < 4.78 is 31.1. The van der Waals surface area contributed by atoms with Gasteiger partial charge in [0.15, 0.2) is 4.90 Å². The predicted octanol–water partition coefficient (Wildman–Crippen LogP) is 4.29. The molecule has 0 aliphatic carbocycles. The van der Waals surface area contributed by atoms with E-state index >= 15 is 0 Å². The van der Waals surface area contributed by atoms with E-state index in [-0.39, 0.29) is 21.4 Å². The monoisotopic (exact) mass is 498 g/mol. The van der Waals surface area contributed by atoms with Gasteiger partial charge in [-0.2, -0.15) is 0 Å². The number of H-pyrrole nitrogens is 1. The Morgan fingerprint density at radius 3 is 2.41 bits per heavy atom. The van der Waals surface area contributed by atoms with Crippen molar-refractivity contribution in [3.05, 3.63) is 87.2 Å². The Kier molecular flexibility index (Phi) is 6.07. The van der Waals surface area contributed by atoms with Gasteiger partial charge in [0.2, 0.25) is 9.84 Å². The van der Waals surface area contributed by atoms with Crippen LogP contribution in [0.1, 0.15) is 15.9 Å². The molecule has 0 aliphatic rings. The van der Waals surface area contributed by atoms with E-state index in [0.717, 1.165) is 5.56 Å². The quantitative estimate of drug-likeness (QED) is 0.377. The largest absolute Gasteiger partial charge is 0.506 e. The maximum Gasteiger partial charge on any atom is 0.271 e. The first-order valence-electron chi connectivity index (χ1n) is 9.97. The number of aromatic amines is 1. The third-order valence-electron chi connectivity index (χ3n) is 5.27. The molecule has 34 heavy (non-hydrogen) atoms. The van der Waals surface area contributed by atoms with Crippen LogP contribution < -0.4 is 15.6 Å². The highest BCUT2D eigenvalue weighted by molar-refractivity contribution is 7.91. The lowest BCUT2D eigenvalue weighted by Crippen LogP contribution is -2.19. The summed E-state index contributed by atoms with van der Waals surface area (Å²) >= 11 is 6.09. The van der Waals surface area contributed by atoms with Crippen molar-refractivity contribution in [1.82, 2.24) is 4.98 Å². The van der Waals surface area contributed by atoms with Crippen LogP contribution in [0.5, 0.6) is 11.5 Å². The lowest BCUT2D eigenvalue weighted by Gasteiger charge is -2.11. The van der Waals surface area contributed by atoms with Gasteiger partial charge in [-0.15, -0.1) is 0 Å². The van der Waals surface area contributed by atoms with E-state index in [1.165, 1.54) is 49.6 Å². The van der Waals surface area contributed by atoms with E-state index in [9.17, 15) is 23.1 Å². The van der Waals surface area contributed by atoms with Crippen molar-refractivity contribution < 1.29 is 23.1 Å². The summed E-state index contributed by atoms with van der Waals surface area (Å²) in [7, 11) is -2.89. The van der Waals surface area contributed by atoms with Crippen molar-refractivity contribution in [1.29, 1.82) is 0 Å². The predicted molar refractivity (Wildman–Crippen MR) is 129 cm³/mol. The molecule has 0 bridgehead atoms. The number of ether oxygens (including phenoxy) is 1. The fourth-order valence-electron chi connectivity index (χ4n) is 3.40. The first-order valence-corrected chi connectivity index (χ1v) is 11.8. The third-order valence-corrected chi connectivity index (χ3v) is 7.49. The number of aromatic nitrogens is 1. The number of methoxy groups -OCH3 is 1. The molecular formula is C24H19ClN2O6S. The van der Waals surface area contributed by atoms with Gasteiger partial charge in [-0.25, -0.2) is 8.42 Å². The number of hydrogen-bond acceptors (Lipinski definition) is 6. The molecule has 8 nitrogen and oxygen atoms in total. The minimum absolute atomic E-state index is 0.0709. The van der Waals surface area contributed by atoms with Gasteiger partial charge in [-0.1, -0.05) is 17.7 Å². The van der Waals surface area contributed by atoms with Gasteiger partial charge in [0.25, 0.3) is 11.5 Å². The van der Waals surface area contributed by atoms with Crippen LogP contribution >= 0.6 is 11.6 Å². The molecule has 10 heteroatoms. The first kappa shape index (κ1) is 23.3. The Hall–Kier alpha value is -3.82. The molecule has 0 spiro atoms. The summed E-state index contributed by atoms with van der Waals surface area (Å²) in [5, 5.41) is 14.0. The Balaban J connectivity index is 1.73. The average molecular weight is 499 g/mol. The molecule has 3 aromatic carbocycles. The summed E-state index contributed by atoms with van der Waals surface area (Å²) in [6.07, 6.45) is 0. The number of benzene rings is 3. The van der Waals surface area contributed by atoms with E-state index in [0.29, 0.717) is 16.5 Å². The van der Waals surface area contributed by atoms with Crippen LogP contribution in [0.4, 0.5) is 5.69 Å². The number of aryl methyl sites for hydroxylation is 1. The van der Waals surface area contributed by atoms with Gasteiger partial charge < -0.3 is 20.1 Å². The molecule has 174 valence electrons. The summed E-state index contributed by atoms with van der Waals surface area (Å²) in [6.45, 7) is 1.84. The minimum Gasteiger partial charge on any atom is -0.506 e. The average Bonchev–Trinajstić information content (AvgIpc) is 2.81. The molecule has 0 aliphatic heterocycles. The lowest BCUT2D eigenvalue weighted by atomic mass is 10.1. The summed E-state index contributed by atoms with van der Waals surface area (Å²) in [5.41, 5.74) is 0.622. The van der Waals surface area contributed by atoms with Crippen molar-refractivity contribution in [2.24, 2.45) is 0 Å². The Bertz CT molecular complexity index is 1590. The Labute approximate surface area is 199 Å². The number of amides is 1. The third kappa shape index (κ3) is 4.23. The zero-order chi connectivity index (χ0) is 24.6. The zero-order valence-electron chi connectivity index (χ0n) is 18.0. The minimum atomic E-state index is -4.33. The molecule has 0 saturated heterocycles. The number of sulfone groups is 1. The van der Waals surface area contributed by atoms with Crippen LogP contribution in [0.25, 0.3) is 10.9 Å². The maximum atomic E-state index is 13.1. The number of rotatable bonds is 5. The molecule has 1 aromatic heterocycles. The highest BCUT2D eigenvalue weighted by Gasteiger charge is 2.27. The van der Waals surface area contributed by atoms with Crippen LogP contribution in [0.2, 0.25) is 5.02 Å². The zero-order valence-corrected chi connectivity index (χ0v) is 19.6. The summed E-state index contributed by atoms with van der Waals surface area (Å²) in [4.78, 5) is 26.9. The molecule has 0 atom stereocenters. The van der Waals surface area contributed by atoms with Gasteiger partial charge in [-0.05, 0) is 67.1 Å². The standard InChI is InChI=1S/C24H19ClN2O6S/c1-13-3-5-15(12-19(13)25)26-23(29)14-4-10-18-20(11-14)27-24(30)22(21(18)28)34(31,32)17-8-6-16(33-2)7-9-17/h3-12H,1-2H3,(H,26,29)(H2,27,28,30). The van der Waals surface area contributed by atoms with Crippen molar-refractivity contribution in [2.75, 3.05) is 12.4 Å². The van der Waals surface area contributed by atoms with E-state index in [4.69, 9.17) is 16.3 Å². The molecule has 1 heterocycles. The van der Waals surface area contributed by atoms with E-state index in [1.54, 1.807) is 18.2 Å². The molecular weight excluding hydrogens is 480 g/mol. The van der Waals surface area contributed by atoms with Crippen molar-refractivity contribution >= 4 is 43.9 Å². The SMILES string of the molecule is COc1ccc(S(=O)(=O)c2c(O)c3ccc(C(=O)Nc4ccc(C)c(Cl)c4)cc3[nH]c2=O)cc1. The number of aromatic hydroxyl groups is 1. The van der Waals surface area contributed by atoms with Crippen LogP contribution in [0, 0.1) is 6.92 Å². The number of carbonyl (C=O) groups excluding carboxylic acids is 1. The van der Waals surface area contributed by atoms with Crippen molar-refractivity contribution in [3.8, 4) is 11.5 Å². The van der Waals surface area contributed by atoms with Crippen molar-refractivity contribution in [2.45, 2.75) is 16.7 Å². The molecule has 3 N–H and O–H groups in total. The second-order valence-corrected chi connectivity index (χ2v) is 9.78. The molecule has 1 amide bonds. The summed E-state index contributed by atoms with van der Waals surface area (Å²) in [5.74, 6) is -0.738. The number of nitrogens with one attached hydrogen (secondary N) is 2. The second-order valence-electron chi connectivity index (χ2n) is 7.49. The number of hydrogen-bond donors (Lipinski definition) is 3. The number of carbonyl (C=O) groups is 1. The molecule has 0 radical (unpaired) electrons. The van der Waals surface area contributed by atoms with Gasteiger partial charge in [-0.3, -0.25) is 9.59 Å². The Morgan fingerprint density at radius 2 is 1.76 bits per heavy atom. The first-order chi connectivity index (χ1) is 16.1. The molecule has 0 unspecified atom stereocenters. The van der Waals surface area contributed by atoms with E-state index in [2.05, 4.69) is 10.3 Å². The Morgan fingerprint density at radius 1 is 1.06 bits per heavy atom. The smallest absolute Gasteiger partial charge is 0.271 e. The van der Waals surface area contributed by atoms with E-state index in [1.807, 2.05) is 6.92 Å². The van der Waals surface area contributed by atoms with Crippen LogP contribution in [-0.4, -0.2) is 31.5 Å². The van der Waals surface area contributed by atoms with E-state index < -0.39 is 31.9 Å². The van der Waals surface area contributed by atoms with Gasteiger partial charge in [0.05, 0.1) is 17.5 Å². The molecule has 0 fully saturated rings. The van der Waals surface area contributed by atoms with Gasteiger partial charge in [0, 0.05) is 21.7 Å². The summed E-state index contributed by atoms with van der Waals surface area (Å²) in [6, 6.07) is 14.6. The van der Waals surface area contributed by atoms with Crippen molar-refractivity contribution in [3.63, 3.8) is 0 Å². The molecule has 4 rings (SSSR count). The highest BCUT2D eigenvalue weighted by Crippen LogP contribution is 2.32. The maximum absolute atomic E-state index is 13.1. The molecule has 4 aromatic rings. The normalized spacial score (nSPS) is 11.4. The topological polar surface area (TPSA) is 126 Å². The van der Waals surface area contributed by atoms with Gasteiger partial charge >= 0.3 is 0 Å². The number of fused-ring (bicyclic) bond motifs is 1. The number of pyridine rings is 1. The number of halogens is 1. The van der Waals surface area contributed by atoms with Gasteiger partial charge in [0.1, 0.15) is 11.5 Å². The lowest BCUT2D eigenvalue weighted by molar-refractivity contribution is 0.102. The second kappa shape index (κ2) is 8.85. The van der Waals surface area contributed by atoms with Crippen LogP contribution in [0.3, 0.4) is 0 Å². The molecule has 0 saturated carbocycles. The van der Waals surface area contributed by atoms with Crippen LogP contribution in [-0.2, 0) is 9.84 Å². The van der Waals surface area contributed by atoms with Crippen LogP contribution in [0.15, 0.2) is 75.2 Å².